The van der Waals surface area contributed by atoms with Gasteiger partial charge < -0.3 is 10.1 Å². The van der Waals surface area contributed by atoms with Crippen LogP contribution < -0.4 is 10.1 Å². The first kappa shape index (κ1) is 20.3. The summed E-state index contributed by atoms with van der Waals surface area (Å²) >= 11 is 5.81. The predicted molar refractivity (Wildman–Crippen MR) is 102 cm³/mol. The van der Waals surface area contributed by atoms with Gasteiger partial charge in [-0.25, -0.2) is 8.42 Å². The molecule has 0 saturated heterocycles. The zero-order valence-corrected chi connectivity index (χ0v) is 16.3. The second-order valence-corrected chi connectivity index (χ2v) is 8.49. The predicted octanol–water partition coefficient (Wildman–Crippen LogP) is 3.78. The highest BCUT2D eigenvalue weighted by molar-refractivity contribution is 7.90. The molecular weight excluding hydrogens is 374 g/mol. The van der Waals surface area contributed by atoms with Crippen molar-refractivity contribution < 1.29 is 17.9 Å². The fraction of sp³-hybridized carbons (Fsp3) is 0.316. The zero-order chi connectivity index (χ0) is 19.2. The highest BCUT2D eigenvalue weighted by Crippen LogP contribution is 2.17. The van der Waals surface area contributed by atoms with E-state index in [9.17, 15) is 13.2 Å². The van der Waals surface area contributed by atoms with E-state index < -0.39 is 9.84 Å². The van der Waals surface area contributed by atoms with Crippen LogP contribution in [-0.4, -0.2) is 27.2 Å². The third-order valence-corrected chi connectivity index (χ3v) is 5.20. The molecule has 0 heterocycles. The second kappa shape index (κ2) is 9.05. The SMILES string of the molecule is C[C@H](NC(=O)CCCOc1ccc(Cl)cc1)c1ccc(S(C)(=O)=O)cc1. The van der Waals surface area contributed by atoms with Gasteiger partial charge in [-0.2, -0.15) is 0 Å². The number of hydrogen-bond acceptors (Lipinski definition) is 4. The van der Waals surface area contributed by atoms with Crippen molar-refractivity contribution in [2.75, 3.05) is 12.9 Å². The van der Waals surface area contributed by atoms with Crippen molar-refractivity contribution in [3.05, 3.63) is 59.1 Å². The molecule has 0 aliphatic carbocycles. The maximum Gasteiger partial charge on any atom is 0.220 e. The Balaban J connectivity index is 1.75. The lowest BCUT2D eigenvalue weighted by Crippen LogP contribution is -2.26. The van der Waals surface area contributed by atoms with Gasteiger partial charge in [0.2, 0.25) is 5.91 Å². The molecule has 1 atom stereocenters. The minimum Gasteiger partial charge on any atom is -0.494 e. The minimum absolute atomic E-state index is 0.0793. The number of ether oxygens (including phenoxy) is 1. The molecule has 0 radical (unpaired) electrons. The fourth-order valence-corrected chi connectivity index (χ4v) is 3.11. The summed E-state index contributed by atoms with van der Waals surface area (Å²) in [5.74, 6) is 0.638. The van der Waals surface area contributed by atoms with E-state index in [4.69, 9.17) is 16.3 Å². The maximum atomic E-state index is 12.0. The largest absolute Gasteiger partial charge is 0.494 e. The van der Waals surface area contributed by atoms with Crippen LogP contribution in [0.1, 0.15) is 31.4 Å². The van der Waals surface area contributed by atoms with Crippen LogP contribution in [-0.2, 0) is 14.6 Å². The van der Waals surface area contributed by atoms with E-state index in [1.807, 2.05) is 6.92 Å². The summed E-state index contributed by atoms with van der Waals surface area (Å²) in [7, 11) is -3.22. The Kier molecular flexibility index (Phi) is 7.06. The van der Waals surface area contributed by atoms with E-state index >= 15 is 0 Å². The van der Waals surface area contributed by atoms with Gasteiger partial charge in [-0.15, -0.1) is 0 Å². The molecule has 5 nitrogen and oxygen atoms in total. The lowest BCUT2D eigenvalue weighted by atomic mass is 10.1. The first-order valence-corrected chi connectivity index (χ1v) is 10.5. The molecule has 0 fully saturated rings. The molecule has 7 heteroatoms. The third-order valence-electron chi connectivity index (χ3n) is 3.82. The Morgan fingerprint density at radius 1 is 1.12 bits per heavy atom. The third kappa shape index (κ3) is 6.35. The molecule has 2 aromatic rings. The molecule has 0 bridgehead atoms. The van der Waals surface area contributed by atoms with Crippen molar-refractivity contribution in [1.29, 1.82) is 0 Å². The van der Waals surface area contributed by atoms with Crippen LogP contribution in [0.3, 0.4) is 0 Å². The Morgan fingerprint density at radius 3 is 2.31 bits per heavy atom. The number of carbonyl (C=O) groups is 1. The van der Waals surface area contributed by atoms with E-state index in [2.05, 4.69) is 5.32 Å². The van der Waals surface area contributed by atoms with Crippen LogP contribution in [0.25, 0.3) is 0 Å². The van der Waals surface area contributed by atoms with Gasteiger partial charge >= 0.3 is 0 Å². The van der Waals surface area contributed by atoms with Gasteiger partial charge in [0, 0.05) is 17.7 Å². The average Bonchev–Trinajstić information content (AvgIpc) is 2.59. The monoisotopic (exact) mass is 395 g/mol. The molecule has 1 amide bonds. The Hall–Kier alpha value is -2.05. The van der Waals surface area contributed by atoms with Crippen molar-refractivity contribution in [2.45, 2.75) is 30.7 Å². The standard InChI is InChI=1S/C19H22ClNO4S/c1-14(15-5-11-18(12-6-15)26(2,23)24)21-19(22)4-3-13-25-17-9-7-16(20)8-10-17/h5-12,14H,3-4,13H2,1-2H3,(H,21,22)/t14-/m0/s1. The number of sulfone groups is 1. The Labute approximate surface area is 159 Å². The maximum absolute atomic E-state index is 12.0. The van der Waals surface area contributed by atoms with Crippen LogP contribution in [0.5, 0.6) is 5.75 Å². The molecule has 0 aliphatic heterocycles. The summed E-state index contributed by atoms with van der Waals surface area (Å²) in [6, 6.07) is 13.4. The van der Waals surface area contributed by atoms with Crippen LogP contribution in [0.4, 0.5) is 0 Å². The number of amides is 1. The van der Waals surface area contributed by atoms with Gasteiger partial charge in [-0.1, -0.05) is 23.7 Å². The molecule has 1 N–H and O–H groups in total. The number of halogens is 1. The number of nitrogens with one attached hydrogen (secondary N) is 1. The second-order valence-electron chi connectivity index (χ2n) is 6.04. The van der Waals surface area contributed by atoms with Gasteiger partial charge in [0.25, 0.3) is 0 Å². The van der Waals surface area contributed by atoms with Crippen molar-refractivity contribution in [2.24, 2.45) is 0 Å². The van der Waals surface area contributed by atoms with Crippen molar-refractivity contribution >= 4 is 27.3 Å². The molecule has 0 spiro atoms. The van der Waals surface area contributed by atoms with Crippen LogP contribution in [0, 0.1) is 0 Å². The molecule has 140 valence electrons. The minimum atomic E-state index is -3.22. The van der Waals surface area contributed by atoms with E-state index in [1.54, 1.807) is 48.5 Å². The molecule has 0 saturated carbocycles. The lowest BCUT2D eigenvalue weighted by molar-refractivity contribution is -0.121. The molecule has 26 heavy (non-hydrogen) atoms. The average molecular weight is 396 g/mol. The summed E-state index contributed by atoms with van der Waals surface area (Å²) in [5, 5.41) is 3.55. The van der Waals surface area contributed by atoms with E-state index in [-0.39, 0.29) is 16.8 Å². The summed E-state index contributed by atoms with van der Waals surface area (Å²) in [6.45, 7) is 2.30. The fourth-order valence-electron chi connectivity index (χ4n) is 2.35. The molecule has 2 rings (SSSR count). The molecule has 0 aliphatic rings. The lowest BCUT2D eigenvalue weighted by Gasteiger charge is -2.15. The van der Waals surface area contributed by atoms with Crippen molar-refractivity contribution in [3.63, 3.8) is 0 Å². The summed E-state index contributed by atoms with van der Waals surface area (Å²) < 4.78 is 28.5. The number of hydrogen-bond donors (Lipinski definition) is 1. The van der Waals surface area contributed by atoms with Crippen LogP contribution in [0.2, 0.25) is 5.02 Å². The molecule has 2 aromatic carbocycles. The van der Waals surface area contributed by atoms with Crippen molar-refractivity contribution in [3.8, 4) is 5.75 Å². The quantitative estimate of drug-likeness (QED) is 0.690. The molecule has 0 aromatic heterocycles. The van der Waals surface area contributed by atoms with Crippen LogP contribution >= 0.6 is 11.6 Å². The molecular formula is C19H22ClNO4S. The molecule has 0 unspecified atom stereocenters. The first-order chi connectivity index (χ1) is 12.3. The van der Waals surface area contributed by atoms with Gasteiger partial charge in [0.05, 0.1) is 17.5 Å². The highest BCUT2D eigenvalue weighted by Gasteiger charge is 2.11. The first-order valence-electron chi connectivity index (χ1n) is 8.23. The van der Waals surface area contributed by atoms with E-state index in [0.717, 1.165) is 5.56 Å². The van der Waals surface area contributed by atoms with Gasteiger partial charge in [0.15, 0.2) is 9.84 Å². The van der Waals surface area contributed by atoms with E-state index in [0.29, 0.717) is 30.2 Å². The smallest absolute Gasteiger partial charge is 0.220 e. The Bertz CT molecular complexity index is 833. The normalized spacial score (nSPS) is 12.4. The number of rotatable bonds is 8. The van der Waals surface area contributed by atoms with Crippen LogP contribution in [0.15, 0.2) is 53.4 Å². The summed E-state index contributed by atoms with van der Waals surface area (Å²) in [5.41, 5.74) is 0.850. The number of benzene rings is 2. The van der Waals surface area contributed by atoms with E-state index in [1.165, 1.54) is 6.26 Å². The highest BCUT2D eigenvalue weighted by atomic mass is 35.5. The zero-order valence-electron chi connectivity index (χ0n) is 14.7. The topological polar surface area (TPSA) is 72.5 Å². The van der Waals surface area contributed by atoms with Gasteiger partial charge in [0.1, 0.15) is 5.75 Å². The van der Waals surface area contributed by atoms with Gasteiger partial charge in [-0.05, 0) is 55.3 Å². The summed E-state index contributed by atoms with van der Waals surface area (Å²) in [4.78, 5) is 12.3. The summed E-state index contributed by atoms with van der Waals surface area (Å²) in [6.07, 6.45) is 2.10. The number of carbonyl (C=O) groups excluding carboxylic acids is 1. The Morgan fingerprint density at radius 2 is 1.73 bits per heavy atom. The van der Waals surface area contributed by atoms with Gasteiger partial charge in [-0.3, -0.25) is 4.79 Å². The van der Waals surface area contributed by atoms with Crippen molar-refractivity contribution in [1.82, 2.24) is 5.32 Å².